The number of furan rings is 1. The van der Waals surface area contributed by atoms with Gasteiger partial charge in [0.2, 0.25) is 0 Å². The summed E-state index contributed by atoms with van der Waals surface area (Å²) in [6.45, 7) is 6.01. The molecule has 2 fully saturated rings. The Kier molecular flexibility index (Phi) is 6.89. The van der Waals surface area contributed by atoms with Crippen LogP contribution in [-0.2, 0) is 4.79 Å². The van der Waals surface area contributed by atoms with Gasteiger partial charge in [0, 0.05) is 21.9 Å². The SMILES string of the molecule is COc1ccccc1Sc1ccc2oc(OC(=O)C(C)C)c(C3CCN4CCCCC4C3)c2c1. The summed E-state index contributed by atoms with van der Waals surface area (Å²) in [7, 11) is 1.70. The van der Waals surface area contributed by atoms with Crippen molar-refractivity contribution in [2.75, 3.05) is 20.2 Å². The number of carbonyl (C=O) groups is 1. The van der Waals surface area contributed by atoms with E-state index in [0.717, 1.165) is 51.5 Å². The second-order valence-electron chi connectivity index (χ2n) is 9.70. The van der Waals surface area contributed by atoms with E-state index in [0.29, 0.717) is 17.9 Å². The van der Waals surface area contributed by atoms with Gasteiger partial charge in [-0.25, -0.2) is 0 Å². The van der Waals surface area contributed by atoms with Gasteiger partial charge in [-0.3, -0.25) is 4.79 Å². The number of esters is 1. The average molecular weight is 480 g/mol. The van der Waals surface area contributed by atoms with E-state index < -0.39 is 0 Å². The molecule has 1 aromatic heterocycles. The van der Waals surface area contributed by atoms with Crippen LogP contribution in [0.1, 0.15) is 57.4 Å². The molecular formula is C28H33NO4S. The average Bonchev–Trinajstić information content (AvgIpc) is 3.21. The van der Waals surface area contributed by atoms with Crippen LogP contribution in [-0.4, -0.2) is 37.1 Å². The van der Waals surface area contributed by atoms with Gasteiger partial charge < -0.3 is 18.8 Å². The van der Waals surface area contributed by atoms with Gasteiger partial charge in [-0.1, -0.05) is 44.2 Å². The van der Waals surface area contributed by atoms with Gasteiger partial charge in [0.05, 0.1) is 17.9 Å². The molecule has 0 bridgehead atoms. The Bertz CT molecular complexity index is 1170. The Balaban J connectivity index is 1.52. The zero-order valence-electron chi connectivity index (χ0n) is 20.2. The Morgan fingerprint density at radius 1 is 1.12 bits per heavy atom. The van der Waals surface area contributed by atoms with E-state index in [1.807, 2.05) is 38.1 Å². The van der Waals surface area contributed by atoms with Crippen LogP contribution in [0.4, 0.5) is 0 Å². The van der Waals surface area contributed by atoms with Crippen LogP contribution >= 0.6 is 11.8 Å². The molecule has 2 aliphatic heterocycles. The zero-order valence-corrected chi connectivity index (χ0v) is 21.0. The normalized spacial score (nSPS) is 20.9. The third-order valence-electron chi connectivity index (χ3n) is 7.10. The Labute approximate surface area is 205 Å². The number of nitrogens with zero attached hydrogens (tertiary/aromatic N) is 1. The number of carbonyl (C=O) groups excluding carboxylic acids is 1. The van der Waals surface area contributed by atoms with Crippen molar-refractivity contribution in [1.82, 2.24) is 4.90 Å². The van der Waals surface area contributed by atoms with Gasteiger partial charge in [-0.05, 0) is 75.0 Å². The number of ether oxygens (including phenoxy) is 2. The lowest BCUT2D eigenvalue weighted by Gasteiger charge is -2.42. The topological polar surface area (TPSA) is 51.9 Å². The first-order valence-electron chi connectivity index (χ1n) is 12.4. The van der Waals surface area contributed by atoms with Crippen molar-refractivity contribution in [2.45, 2.75) is 67.7 Å². The predicted octanol–water partition coefficient (Wildman–Crippen LogP) is 6.89. The van der Waals surface area contributed by atoms with Gasteiger partial charge in [-0.2, -0.15) is 0 Å². The molecule has 0 N–H and O–H groups in total. The van der Waals surface area contributed by atoms with Gasteiger partial charge in [0.25, 0.3) is 5.95 Å². The van der Waals surface area contributed by atoms with Crippen molar-refractivity contribution >= 4 is 28.7 Å². The minimum absolute atomic E-state index is 0.210. The third-order valence-corrected chi connectivity index (χ3v) is 8.15. The summed E-state index contributed by atoms with van der Waals surface area (Å²) in [5.41, 5.74) is 1.84. The molecule has 0 amide bonds. The first-order valence-corrected chi connectivity index (χ1v) is 13.2. The van der Waals surface area contributed by atoms with Crippen LogP contribution in [0.5, 0.6) is 11.7 Å². The number of fused-ring (bicyclic) bond motifs is 2. The van der Waals surface area contributed by atoms with E-state index in [9.17, 15) is 4.79 Å². The van der Waals surface area contributed by atoms with Crippen molar-refractivity contribution in [1.29, 1.82) is 0 Å². The van der Waals surface area contributed by atoms with Crippen LogP contribution in [0.25, 0.3) is 11.0 Å². The number of rotatable bonds is 6. The molecule has 0 saturated carbocycles. The van der Waals surface area contributed by atoms with Crippen LogP contribution in [0.15, 0.2) is 56.7 Å². The maximum absolute atomic E-state index is 12.5. The number of hydrogen-bond acceptors (Lipinski definition) is 6. The fourth-order valence-corrected chi connectivity index (χ4v) is 6.26. The molecule has 5 rings (SSSR count). The second-order valence-corrected chi connectivity index (χ2v) is 10.8. The number of hydrogen-bond donors (Lipinski definition) is 0. The molecule has 180 valence electrons. The molecule has 0 radical (unpaired) electrons. The Hall–Kier alpha value is -2.44. The summed E-state index contributed by atoms with van der Waals surface area (Å²) < 4.78 is 17.5. The lowest BCUT2D eigenvalue weighted by atomic mass is 9.81. The number of methoxy groups -OCH3 is 1. The predicted molar refractivity (Wildman–Crippen MR) is 135 cm³/mol. The van der Waals surface area contributed by atoms with Crippen LogP contribution in [0, 0.1) is 5.92 Å². The Morgan fingerprint density at radius 2 is 1.97 bits per heavy atom. The molecule has 2 saturated heterocycles. The quantitative estimate of drug-likeness (QED) is 0.359. The minimum Gasteiger partial charge on any atom is -0.496 e. The van der Waals surface area contributed by atoms with E-state index in [1.165, 1.54) is 25.8 Å². The molecule has 2 aliphatic rings. The molecule has 0 spiro atoms. The molecule has 3 aromatic rings. The maximum atomic E-state index is 12.5. The molecule has 3 heterocycles. The summed E-state index contributed by atoms with van der Waals surface area (Å²) in [6.07, 6.45) is 6.00. The van der Waals surface area contributed by atoms with E-state index >= 15 is 0 Å². The van der Waals surface area contributed by atoms with E-state index in [1.54, 1.807) is 18.9 Å². The molecule has 2 atom stereocenters. The summed E-state index contributed by atoms with van der Waals surface area (Å²) in [5.74, 6) is 1.11. The van der Waals surface area contributed by atoms with Crippen molar-refractivity contribution in [3.05, 3.63) is 48.0 Å². The zero-order chi connectivity index (χ0) is 23.7. The summed E-state index contributed by atoms with van der Waals surface area (Å²) in [6, 6.07) is 14.9. The summed E-state index contributed by atoms with van der Waals surface area (Å²) >= 11 is 1.67. The first kappa shape index (κ1) is 23.3. The monoisotopic (exact) mass is 479 g/mol. The highest BCUT2D eigenvalue weighted by Crippen LogP contribution is 2.46. The van der Waals surface area contributed by atoms with Crippen molar-refractivity contribution in [3.63, 3.8) is 0 Å². The van der Waals surface area contributed by atoms with Gasteiger partial charge in [0.1, 0.15) is 11.3 Å². The highest BCUT2D eigenvalue weighted by atomic mass is 32.2. The van der Waals surface area contributed by atoms with E-state index in [2.05, 4.69) is 23.1 Å². The van der Waals surface area contributed by atoms with Crippen LogP contribution in [0.3, 0.4) is 0 Å². The lowest BCUT2D eigenvalue weighted by molar-refractivity contribution is -0.139. The van der Waals surface area contributed by atoms with Gasteiger partial charge >= 0.3 is 5.97 Å². The first-order chi connectivity index (χ1) is 16.5. The molecule has 2 aromatic carbocycles. The molecular weight excluding hydrogens is 446 g/mol. The standard InChI is InChI=1S/C28H33NO4S/c1-18(2)27(30)33-28-26(19-13-15-29-14-7-6-8-20(29)16-19)22-17-21(11-12-23(22)32-28)34-25-10-5-4-9-24(25)31-3/h4-5,9-12,17-20H,6-8,13-16H2,1-3H3. The van der Waals surface area contributed by atoms with Gasteiger partial charge in [-0.15, -0.1) is 0 Å². The largest absolute Gasteiger partial charge is 0.496 e. The fraction of sp³-hybridized carbons (Fsp3) is 0.464. The number of para-hydroxylation sites is 1. The lowest BCUT2D eigenvalue weighted by Crippen LogP contribution is -2.44. The second kappa shape index (κ2) is 10.0. The number of piperidine rings is 2. The smallest absolute Gasteiger partial charge is 0.316 e. The fourth-order valence-electron chi connectivity index (χ4n) is 5.29. The molecule has 0 aliphatic carbocycles. The molecule has 2 unspecified atom stereocenters. The molecule has 6 heteroatoms. The van der Waals surface area contributed by atoms with Crippen LogP contribution < -0.4 is 9.47 Å². The highest BCUT2D eigenvalue weighted by Gasteiger charge is 2.35. The van der Waals surface area contributed by atoms with Crippen molar-refractivity contribution in [3.8, 4) is 11.7 Å². The van der Waals surface area contributed by atoms with E-state index in [-0.39, 0.29) is 11.9 Å². The van der Waals surface area contributed by atoms with E-state index in [4.69, 9.17) is 13.9 Å². The maximum Gasteiger partial charge on any atom is 0.316 e. The van der Waals surface area contributed by atoms with Crippen molar-refractivity contribution in [2.24, 2.45) is 5.92 Å². The highest BCUT2D eigenvalue weighted by molar-refractivity contribution is 7.99. The minimum atomic E-state index is -0.251. The molecule has 34 heavy (non-hydrogen) atoms. The summed E-state index contributed by atoms with van der Waals surface area (Å²) in [4.78, 5) is 17.3. The number of benzene rings is 2. The summed E-state index contributed by atoms with van der Waals surface area (Å²) in [5, 5.41) is 1.06. The van der Waals surface area contributed by atoms with Crippen LogP contribution in [0.2, 0.25) is 0 Å². The van der Waals surface area contributed by atoms with Crippen molar-refractivity contribution < 1.29 is 18.7 Å². The Morgan fingerprint density at radius 3 is 2.79 bits per heavy atom. The van der Waals surface area contributed by atoms with Gasteiger partial charge in [0.15, 0.2) is 0 Å². The molecule has 5 nitrogen and oxygen atoms in total. The third kappa shape index (κ3) is 4.71.